The van der Waals surface area contributed by atoms with Gasteiger partial charge in [0.15, 0.2) is 0 Å². The quantitative estimate of drug-likeness (QED) is 0.414. The summed E-state index contributed by atoms with van der Waals surface area (Å²) >= 11 is 0. The van der Waals surface area contributed by atoms with E-state index in [1.54, 1.807) is 11.1 Å². The van der Waals surface area contributed by atoms with Gasteiger partial charge in [0, 0.05) is 0 Å². The molecule has 2 rings (SSSR count). The minimum atomic E-state index is 0.351. The molecule has 1 aromatic rings. The highest BCUT2D eigenvalue weighted by molar-refractivity contribution is 6.46. The van der Waals surface area contributed by atoms with E-state index in [9.17, 15) is 0 Å². The topological polar surface area (TPSA) is 0 Å². The summed E-state index contributed by atoms with van der Waals surface area (Å²) in [7, 11) is 9.46. The van der Waals surface area contributed by atoms with Crippen LogP contribution in [0.2, 0.25) is 0 Å². The maximum absolute atomic E-state index is 2.37. The molecule has 0 nitrogen and oxygen atoms in total. The van der Waals surface area contributed by atoms with Gasteiger partial charge in [0.1, 0.15) is 31.4 Å². The summed E-state index contributed by atoms with van der Waals surface area (Å²) in [6, 6.07) is 6.73. The van der Waals surface area contributed by atoms with Gasteiger partial charge in [-0.05, 0) is 12.5 Å². The second kappa shape index (κ2) is 2.74. The van der Waals surface area contributed by atoms with Crippen molar-refractivity contribution in [2.24, 2.45) is 0 Å². The summed E-state index contributed by atoms with van der Waals surface area (Å²) in [6.45, 7) is 2.24. The van der Waals surface area contributed by atoms with Crippen LogP contribution in [0.15, 0.2) is 18.2 Å². The third-order valence-corrected chi connectivity index (χ3v) is 3.56. The molecule has 1 aliphatic carbocycles. The molecule has 0 atom stereocenters. The predicted molar refractivity (Wildman–Crippen MR) is 73.3 cm³/mol. The molecule has 0 aromatic heterocycles. The van der Waals surface area contributed by atoms with E-state index < -0.39 is 0 Å². The van der Waals surface area contributed by atoms with Crippen molar-refractivity contribution < 1.29 is 0 Å². The molecule has 1 aromatic carbocycles. The van der Waals surface area contributed by atoms with Crippen LogP contribution in [0.3, 0.4) is 0 Å². The molecule has 0 radical (unpaired) electrons. The lowest BCUT2D eigenvalue weighted by atomic mass is 9.45. The lowest BCUT2D eigenvalue weighted by Gasteiger charge is -2.23. The van der Waals surface area contributed by atoms with Crippen molar-refractivity contribution >= 4 is 31.4 Å². The summed E-state index contributed by atoms with van der Waals surface area (Å²) in [5.41, 5.74) is 4.60. The zero-order chi connectivity index (χ0) is 10.6. The number of hydrogen-bond acceptors (Lipinski definition) is 0. The molecular weight excluding hydrogens is 163 g/mol. The fourth-order valence-electron chi connectivity index (χ4n) is 3.42. The van der Waals surface area contributed by atoms with Gasteiger partial charge in [0.05, 0.1) is 0 Å². The van der Waals surface area contributed by atoms with Gasteiger partial charge in [-0.3, -0.25) is 0 Å². The average Bonchev–Trinajstić information content (AvgIpc) is 2.18. The Morgan fingerprint density at radius 3 is 2.29 bits per heavy atom. The standard InChI is InChI=1S/C10H16B4/c1-6-3-2-4-7-8(6)10(13,14)5-9(7,11)12/h2-4H,5,11-14H2,1H3. The average molecular weight is 179 g/mol. The highest BCUT2D eigenvalue weighted by Gasteiger charge is 2.41. The largest absolute Gasteiger partial charge is 0.104 e. The van der Waals surface area contributed by atoms with E-state index in [1.807, 2.05) is 0 Å². The zero-order valence-corrected chi connectivity index (χ0v) is 9.94. The minimum absolute atomic E-state index is 0.351. The summed E-state index contributed by atoms with van der Waals surface area (Å²) in [5, 5.41) is 0.703. The van der Waals surface area contributed by atoms with Crippen molar-refractivity contribution in [2.75, 3.05) is 0 Å². The van der Waals surface area contributed by atoms with Crippen LogP contribution in [0.4, 0.5) is 0 Å². The first kappa shape index (κ1) is 10.0. The Balaban J connectivity index is 2.72. The smallest absolute Gasteiger partial charge is 0.0624 e. The highest BCUT2D eigenvalue weighted by atomic mass is 14.3. The Morgan fingerprint density at radius 1 is 1.07 bits per heavy atom. The third kappa shape index (κ3) is 1.27. The molecule has 0 saturated heterocycles. The number of rotatable bonds is 0. The van der Waals surface area contributed by atoms with E-state index in [2.05, 4.69) is 56.5 Å². The van der Waals surface area contributed by atoms with Gasteiger partial charge >= 0.3 is 0 Å². The summed E-state index contributed by atoms with van der Waals surface area (Å²) in [6.07, 6.45) is 1.26. The van der Waals surface area contributed by atoms with Crippen LogP contribution in [0, 0.1) is 6.92 Å². The van der Waals surface area contributed by atoms with E-state index in [4.69, 9.17) is 0 Å². The Hall–Kier alpha value is -0.520. The van der Waals surface area contributed by atoms with Gasteiger partial charge in [0.2, 0.25) is 0 Å². The summed E-state index contributed by atoms with van der Waals surface area (Å²) in [5.74, 6) is 0. The molecule has 14 heavy (non-hydrogen) atoms. The van der Waals surface area contributed by atoms with Crippen molar-refractivity contribution in [2.45, 2.75) is 23.8 Å². The Kier molecular flexibility index (Phi) is 1.96. The molecule has 0 amide bonds. The maximum atomic E-state index is 2.37. The third-order valence-electron chi connectivity index (χ3n) is 3.56. The molecule has 0 bridgehead atoms. The molecule has 0 fully saturated rings. The summed E-state index contributed by atoms with van der Waals surface area (Å²) in [4.78, 5) is 0. The fourth-order valence-corrected chi connectivity index (χ4v) is 3.42. The minimum Gasteiger partial charge on any atom is -0.0624 e. The number of hydrogen-bond donors (Lipinski definition) is 0. The lowest BCUT2D eigenvalue weighted by Crippen LogP contribution is -2.30. The van der Waals surface area contributed by atoms with Crippen LogP contribution in [0.5, 0.6) is 0 Å². The van der Waals surface area contributed by atoms with Crippen molar-refractivity contribution in [1.29, 1.82) is 0 Å². The Bertz CT molecular complexity index is 382. The van der Waals surface area contributed by atoms with Gasteiger partial charge in [-0.15, -0.1) is 0 Å². The van der Waals surface area contributed by atoms with Crippen LogP contribution < -0.4 is 0 Å². The molecular formula is C10H16B4. The van der Waals surface area contributed by atoms with Crippen LogP contribution in [0.25, 0.3) is 0 Å². The van der Waals surface area contributed by atoms with Gasteiger partial charge in [0.25, 0.3) is 0 Å². The van der Waals surface area contributed by atoms with Crippen molar-refractivity contribution in [1.82, 2.24) is 0 Å². The van der Waals surface area contributed by atoms with Crippen molar-refractivity contribution in [3.05, 3.63) is 34.9 Å². The molecule has 0 N–H and O–H groups in total. The van der Waals surface area contributed by atoms with Crippen molar-refractivity contribution in [3.63, 3.8) is 0 Å². The fraction of sp³-hybridized carbons (Fsp3) is 0.400. The summed E-state index contributed by atoms with van der Waals surface area (Å²) < 4.78 is 0. The first-order valence-corrected chi connectivity index (χ1v) is 5.45. The molecule has 0 saturated carbocycles. The molecule has 68 valence electrons. The first-order chi connectivity index (χ1) is 6.34. The molecule has 4 heteroatoms. The van der Waals surface area contributed by atoms with Gasteiger partial charge < -0.3 is 0 Å². The monoisotopic (exact) mass is 180 g/mol. The number of fused-ring (bicyclic) bond motifs is 1. The van der Waals surface area contributed by atoms with Crippen LogP contribution >= 0.6 is 0 Å². The van der Waals surface area contributed by atoms with Crippen LogP contribution in [-0.4, -0.2) is 31.4 Å². The SMILES string of the molecule is BC1(B)CC(B)(B)c2c(C)cccc21. The second-order valence-corrected chi connectivity index (χ2v) is 5.94. The molecule has 0 spiro atoms. The normalized spacial score (nSPS) is 21.8. The predicted octanol–water partition coefficient (Wildman–Crippen LogP) is -1.76. The molecule has 0 unspecified atom stereocenters. The number of benzene rings is 1. The van der Waals surface area contributed by atoms with Crippen molar-refractivity contribution in [3.8, 4) is 0 Å². The molecule has 1 aliphatic rings. The highest BCUT2D eigenvalue weighted by Crippen LogP contribution is 2.44. The van der Waals surface area contributed by atoms with Crippen LogP contribution in [-0.2, 0) is 10.4 Å². The van der Waals surface area contributed by atoms with E-state index in [0.29, 0.717) is 10.4 Å². The van der Waals surface area contributed by atoms with Gasteiger partial charge in [-0.25, -0.2) is 0 Å². The van der Waals surface area contributed by atoms with E-state index >= 15 is 0 Å². The van der Waals surface area contributed by atoms with Gasteiger partial charge in [-0.2, -0.15) is 0 Å². The Morgan fingerprint density at radius 2 is 1.71 bits per heavy atom. The van der Waals surface area contributed by atoms with Crippen LogP contribution in [0.1, 0.15) is 23.1 Å². The zero-order valence-electron chi connectivity index (χ0n) is 9.94. The molecule has 0 aliphatic heterocycles. The van der Waals surface area contributed by atoms with E-state index in [-0.39, 0.29) is 0 Å². The van der Waals surface area contributed by atoms with E-state index in [1.165, 1.54) is 12.0 Å². The lowest BCUT2D eigenvalue weighted by molar-refractivity contribution is 0.740. The molecule has 0 heterocycles. The Labute approximate surface area is 90.5 Å². The second-order valence-electron chi connectivity index (χ2n) is 5.94. The van der Waals surface area contributed by atoms with Gasteiger partial charge in [-0.1, -0.05) is 46.2 Å². The maximum Gasteiger partial charge on any atom is 0.104 e. The first-order valence-electron chi connectivity index (χ1n) is 5.45. The number of aryl methyl sites for hydroxylation is 1. The van der Waals surface area contributed by atoms with E-state index in [0.717, 1.165) is 0 Å².